The summed E-state index contributed by atoms with van der Waals surface area (Å²) in [6.07, 6.45) is -0.527. The summed E-state index contributed by atoms with van der Waals surface area (Å²) in [4.78, 5) is 1.94. The van der Waals surface area contributed by atoms with Crippen LogP contribution in [0.2, 0.25) is 0 Å². The van der Waals surface area contributed by atoms with Crippen LogP contribution in [-0.4, -0.2) is 41.4 Å². The predicted molar refractivity (Wildman–Crippen MR) is 65.2 cm³/mol. The zero-order valence-corrected chi connectivity index (χ0v) is 10.3. The van der Waals surface area contributed by atoms with E-state index in [2.05, 4.69) is 0 Å². The predicted octanol–water partition coefficient (Wildman–Crippen LogP) is 1.56. The highest BCUT2D eigenvalue weighted by atomic mass is 19.1. The highest BCUT2D eigenvalue weighted by Gasteiger charge is 2.10. The minimum atomic E-state index is -0.665. The molecule has 1 aromatic rings. The summed E-state index contributed by atoms with van der Waals surface area (Å²) >= 11 is 0. The van der Waals surface area contributed by atoms with Gasteiger partial charge in [-0.1, -0.05) is 12.1 Å². The summed E-state index contributed by atoms with van der Waals surface area (Å²) in [5, 5.41) is 19.1. The number of aliphatic hydroxyl groups excluding tert-OH is 2. The van der Waals surface area contributed by atoms with Gasteiger partial charge in [0.15, 0.2) is 0 Å². The third-order valence-corrected chi connectivity index (χ3v) is 2.59. The van der Waals surface area contributed by atoms with Gasteiger partial charge in [-0.3, -0.25) is 0 Å². The molecule has 0 aliphatic carbocycles. The first kappa shape index (κ1) is 14.1. The molecule has 4 heteroatoms. The van der Waals surface area contributed by atoms with E-state index < -0.39 is 6.10 Å². The van der Waals surface area contributed by atoms with E-state index in [9.17, 15) is 14.6 Å². The maximum absolute atomic E-state index is 12.9. The van der Waals surface area contributed by atoms with E-state index in [1.165, 1.54) is 12.1 Å². The normalized spacial score (nSPS) is 14.9. The molecule has 0 aliphatic rings. The van der Waals surface area contributed by atoms with E-state index >= 15 is 0 Å². The summed E-state index contributed by atoms with van der Waals surface area (Å²) in [5.74, 6) is -0.334. The molecular weight excluding hydrogens is 221 g/mol. The Hall–Kier alpha value is -0.970. The average Bonchev–Trinajstić information content (AvgIpc) is 2.25. The summed E-state index contributed by atoms with van der Waals surface area (Å²) < 4.78 is 12.9. The van der Waals surface area contributed by atoms with Gasteiger partial charge in [0.1, 0.15) is 5.82 Å². The lowest BCUT2D eigenvalue weighted by molar-refractivity contribution is 0.116. The second-order valence-electron chi connectivity index (χ2n) is 4.47. The fourth-order valence-corrected chi connectivity index (χ4v) is 1.77. The van der Waals surface area contributed by atoms with Crippen LogP contribution in [0.5, 0.6) is 0 Å². The molecule has 2 N–H and O–H groups in total. The molecule has 0 fully saturated rings. The molecule has 2 atom stereocenters. The largest absolute Gasteiger partial charge is 0.392 e. The number of rotatable bonds is 6. The molecule has 0 aromatic heterocycles. The van der Waals surface area contributed by atoms with Crippen LogP contribution in [-0.2, 0) is 0 Å². The molecular formula is C13H20FNO2. The second-order valence-corrected chi connectivity index (χ2v) is 4.47. The van der Waals surface area contributed by atoms with Gasteiger partial charge < -0.3 is 15.1 Å². The Bertz CT molecular complexity index is 344. The molecule has 0 saturated heterocycles. The minimum Gasteiger partial charge on any atom is -0.392 e. The van der Waals surface area contributed by atoms with E-state index in [-0.39, 0.29) is 11.9 Å². The van der Waals surface area contributed by atoms with Gasteiger partial charge in [-0.15, -0.1) is 0 Å². The molecule has 3 nitrogen and oxygen atoms in total. The van der Waals surface area contributed by atoms with Crippen molar-refractivity contribution in [3.63, 3.8) is 0 Å². The molecule has 2 unspecified atom stereocenters. The minimum absolute atomic E-state index is 0.334. The van der Waals surface area contributed by atoms with Crippen LogP contribution in [0, 0.1) is 5.82 Å². The van der Waals surface area contributed by atoms with Crippen molar-refractivity contribution in [3.8, 4) is 0 Å². The van der Waals surface area contributed by atoms with Gasteiger partial charge in [0.05, 0.1) is 12.2 Å². The Morgan fingerprint density at radius 3 is 2.65 bits per heavy atom. The van der Waals surface area contributed by atoms with Gasteiger partial charge >= 0.3 is 0 Å². The third kappa shape index (κ3) is 5.26. The van der Waals surface area contributed by atoms with Gasteiger partial charge in [0, 0.05) is 13.1 Å². The molecule has 0 radical (unpaired) electrons. The number of halogens is 1. The lowest BCUT2D eigenvalue weighted by Crippen LogP contribution is -2.28. The van der Waals surface area contributed by atoms with Gasteiger partial charge in [0.25, 0.3) is 0 Å². The molecule has 1 aromatic carbocycles. The van der Waals surface area contributed by atoms with Crippen LogP contribution in [0.15, 0.2) is 24.3 Å². The van der Waals surface area contributed by atoms with E-state index in [1.54, 1.807) is 19.1 Å². The van der Waals surface area contributed by atoms with Crippen LogP contribution in [0.4, 0.5) is 4.39 Å². The standard InChI is InChI=1S/C13H20FNO2/c1-10(16)9-15(2)7-6-13(17)11-4-3-5-12(14)8-11/h3-5,8,10,13,16-17H,6-7,9H2,1-2H3. The molecule has 96 valence electrons. The highest BCUT2D eigenvalue weighted by molar-refractivity contribution is 5.18. The maximum atomic E-state index is 12.9. The molecule has 0 heterocycles. The summed E-state index contributed by atoms with van der Waals surface area (Å²) in [6, 6.07) is 6.00. The molecule has 0 spiro atoms. The van der Waals surface area contributed by atoms with Crippen molar-refractivity contribution in [2.24, 2.45) is 0 Å². The van der Waals surface area contributed by atoms with Crippen LogP contribution in [0.3, 0.4) is 0 Å². The van der Waals surface area contributed by atoms with Gasteiger partial charge in [-0.2, -0.15) is 0 Å². The topological polar surface area (TPSA) is 43.7 Å². The smallest absolute Gasteiger partial charge is 0.123 e. The lowest BCUT2D eigenvalue weighted by atomic mass is 10.1. The van der Waals surface area contributed by atoms with Crippen molar-refractivity contribution >= 4 is 0 Å². The SMILES string of the molecule is CC(O)CN(C)CCC(O)c1cccc(F)c1. The fourth-order valence-electron chi connectivity index (χ4n) is 1.77. The zero-order chi connectivity index (χ0) is 12.8. The van der Waals surface area contributed by atoms with Crippen LogP contribution >= 0.6 is 0 Å². The molecule has 0 bridgehead atoms. The van der Waals surface area contributed by atoms with Gasteiger partial charge in [-0.25, -0.2) is 4.39 Å². The zero-order valence-electron chi connectivity index (χ0n) is 10.3. The summed E-state index contributed by atoms with van der Waals surface area (Å²) in [6.45, 7) is 2.94. The van der Waals surface area contributed by atoms with E-state index in [4.69, 9.17) is 0 Å². The Labute approximate surface area is 101 Å². The van der Waals surface area contributed by atoms with Crippen LogP contribution < -0.4 is 0 Å². The van der Waals surface area contributed by atoms with Crippen LogP contribution in [0.1, 0.15) is 25.0 Å². The van der Waals surface area contributed by atoms with Crippen molar-refractivity contribution in [1.82, 2.24) is 4.90 Å². The second kappa shape index (κ2) is 6.69. The molecule has 17 heavy (non-hydrogen) atoms. The van der Waals surface area contributed by atoms with E-state index in [0.717, 1.165) is 0 Å². The molecule has 1 rings (SSSR count). The van der Waals surface area contributed by atoms with Gasteiger partial charge in [0.2, 0.25) is 0 Å². The molecule has 0 aliphatic heterocycles. The number of benzene rings is 1. The Morgan fingerprint density at radius 1 is 1.35 bits per heavy atom. The van der Waals surface area contributed by atoms with Crippen molar-refractivity contribution in [1.29, 1.82) is 0 Å². The number of nitrogens with zero attached hydrogens (tertiary/aromatic N) is 1. The monoisotopic (exact) mass is 241 g/mol. The highest BCUT2D eigenvalue weighted by Crippen LogP contribution is 2.17. The van der Waals surface area contributed by atoms with E-state index in [0.29, 0.717) is 25.1 Å². The van der Waals surface area contributed by atoms with Crippen molar-refractivity contribution in [2.75, 3.05) is 20.1 Å². The Kier molecular flexibility index (Phi) is 5.55. The quantitative estimate of drug-likeness (QED) is 0.794. The first-order valence-electron chi connectivity index (χ1n) is 5.79. The van der Waals surface area contributed by atoms with Crippen molar-refractivity contribution in [2.45, 2.75) is 25.6 Å². The fraction of sp³-hybridized carbons (Fsp3) is 0.538. The summed E-state index contributed by atoms with van der Waals surface area (Å²) in [7, 11) is 1.88. The lowest BCUT2D eigenvalue weighted by Gasteiger charge is -2.20. The van der Waals surface area contributed by atoms with E-state index in [1.807, 2.05) is 11.9 Å². The van der Waals surface area contributed by atoms with Crippen molar-refractivity contribution < 1.29 is 14.6 Å². The number of hydrogen-bond donors (Lipinski definition) is 2. The first-order valence-corrected chi connectivity index (χ1v) is 5.79. The molecule has 0 amide bonds. The van der Waals surface area contributed by atoms with Crippen LogP contribution in [0.25, 0.3) is 0 Å². The third-order valence-electron chi connectivity index (χ3n) is 2.59. The number of likely N-dealkylation sites (N-methyl/N-ethyl adjacent to an activating group) is 1. The van der Waals surface area contributed by atoms with Crippen molar-refractivity contribution in [3.05, 3.63) is 35.6 Å². The number of hydrogen-bond acceptors (Lipinski definition) is 3. The first-order chi connectivity index (χ1) is 7.99. The Morgan fingerprint density at radius 2 is 2.06 bits per heavy atom. The number of aliphatic hydroxyl groups is 2. The average molecular weight is 241 g/mol. The maximum Gasteiger partial charge on any atom is 0.123 e. The van der Waals surface area contributed by atoms with Gasteiger partial charge in [-0.05, 0) is 38.1 Å². The Balaban J connectivity index is 2.42. The summed E-state index contributed by atoms with van der Waals surface area (Å²) in [5.41, 5.74) is 0.593. The molecule has 0 saturated carbocycles.